The van der Waals surface area contributed by atoms with Gasteiger partial charge in [0, 0.05) is 30.6 Å². The van der Waals surface area contributed by atoms with Crippen molar-refractivity contribution in [3.63, 3.8) is 0 Å². The minimum atomic E-state index is -0.716. The lowest BCUT2D eigenvalue weighted by Gasteiger charge is -2.31. The summed E-state index contributed by atoms with van der Waals surface area (Å²) in [5, 5.41) is 3.58. The second kappa shape index (κ2) is 16.8. The van der Waals surface area contributed by atoms with E-state index < -0.39 is 11.6 Å². The van der Waals surface area contributed by atoms with Crippen LogP contribution in [-0.4, -0.2) is 52.7 Å². The molecule has 10 nitrogen and oxygen atoms in total. The maximum absolute atomic E-state index is 13.8. The van der Waals surface area contributed by atoms with Gasteiger partial charge in [-0.05, 0) is 144 Å². The Hall–Kier alpha value is -5.29. The fourth-order valence-corrected chi connectivity index (χ4v) is 8.56. The maximum atomic E-state index is 13.8. The number of carbonyl (C=O) groups excluding carboxylic acids is 3. The highest BCUT2D eigenvalue weighted by atomic mass is 32.1. The Morgan fingerprint density at radius 1 is 0.929 bits per heavy atom. The summed E-state index contributed by atoms with van der Waals surface area (Å²) >= 11 is 1.45. The second-order valence-corrected chi connectivity index (χ2v) is 16.7. The van der Waals surface area contributed by atoms with E-state index in [1.54, 1.807) is 0 Å². The molecule has 3 heterocycles. The third-order valence-corrected chi connectivity index (χ3v) is 11.4. The Kier molecular flexibility index (Phi) is 11.7. The molecule has 3 aromatic carbocycles. The Labute approximate surface area is 332 Å². The van der Waals surface area contributed by atoms with Gasteiger partial charge < -0.3 is 19.1 Å². The van der Waals surface area contributed by atoms with E-state index in [2.05, 4.69) is 21.3 Å². The summed E-state index contributed by atoms with van der Waals surface area (Å²) in [6.07, 6.45) is 6.12. The first-order valence-corrected chi connectivity index (χ1v) is 20.5. The quantitative estimate of drug-likeness (QED) is 0.131. The van der Waals surface area contributed by atoms with Crippen molar-refractivity contribution in [2.24, 2.45) is 5.92 Å². The molecule has 1 amide bonds. The number of amides is 1. The summed E-state index contributed by atoms with van der Waals surface area (Å²) < 4.78 is 18.5. The molecule has 1 N–H and O–H groups in total. The molecule has 292 valence electrons. The molecule has 0 unspecified atom stereocenters. The molecule has 0 atom stereocenters. The molecule has 11 heteroatoms. The lowest BCUT2D eigenvalue weighted by Crippen LogP contribution is -2.33. The van der Waals surface area contributed by atoms with Gasteiger partial charge in [-0.1, -0.05) is 41.7 Å². The van der Waals surface area contributed by atoms with Gasteiger partial charge in [0.2, 0.25) is 0 Å². The first kappa shape index (κ1) is 39.0. The summed E-state index contributed by atoms with van der Waals surface area (Å²) in [5.41, 5.74) is 5.52. The van der Waals surface area contributed by atoms with E-state index in [9.17, 15) is 14.4 Å². The first-order chi connectivity index (χ1) is 26.9. The van der Waals surface area contributed by atoms with Crippen LogP contribution in [0.3, 0.4) is 0 Å². The smallest absolute Gasteiger partial charge is 0.358 e. The van der Waals surface area contributed by atoms with Crippen LogP contribution in [0.15, 0.2) is 72.8 Å². The second-order valence-electron chi connectivity index (χ2n) is 15.7. The zero-order valence-electron chi connectivity index (χ0n) is 32.9. The Bertz CT molecular complexity index is 2200. The summed E-state index contributed by atoms with van der Waals surface area (Å²) in [7, 11) is 0. The monoisotopic (exact) mass is 774 g/mol. The van der Waals surface area contributed by atoms with Gasteiger partial charge in [-0.15, -0.1) is 0 Å². The largest absolute Gasteiger partial charge is 0.490 e. The Morgan fingerprint density at radius 2 is 1.71 bits per heavy atom. The van der Waals surface area contributed by atoms with Crippen molar-refractivity contribution in [1.29, 1.82) is 0 Å². The molecule has 2 aromatic heterocycles. The fourth-order valence-electron chi connectivity index (χ4n) is 7.70. The number of fused-ring (bicyclic) bond motifs is 2. The number of nitrogens with one attached hydrogen (secondary N) is 1. The van der Waals surface area contributed by atoms with Crippen LogP contribution in [0.2, 0.25) is 0 Å². The number of carbonyl (C=O) groups is 3. The number of aromatic nitrogens is 2. The molecule has 1 saturated carbocycles. The van der Waals surface area contributed by atoms with Crippen LogP contribution in [0.25, 0.3) is 21.3 Å². The maximum Gasteiger partial charge on any atom is 0.358 e. The normalized spacial score (nSPS) is 16.9. The molecule has 1 aliphatic carbocycles. The van der Waals surface area contributed by atoms with Crippen molar-refractivity contribution < 1.29 is 28.6 Å². The number of thiazole rings is 1. The van der Waals surface area contributed by atoms with E-state index in [0.717, 1.165) is 76.7 Å². The molecule has 5 aromatic rings. The summed E-state index contributed by atoms with van der Waals surface area (Å²) in [6.45, 7) is 11.0. The number of nitrogens with zero attached hydrogens (tertiary/aromatic N) is 3. The molecular formula is C45H50N4O6S. The highest BCUT2D eigenvalue weighted by Crippen LogP contribution is 2.36. The van der Waals surface area contributed by atoms with Gasteiger partial charge in [0.1, 0.15) is 17.2 Å². The first-order valence-electron chi connectivity index (χ1n) is 19.6. The lowest BCUT2D eigenvalue weighted by molar-refractivity contribution is -0.143. The summed E-state index contributed by atoms with van der Waals surface area (Å²) in [4.78, 5) is 51.0. The molecular weight excluding hydrogens is 725 g/mol. The van der Waals surface area contributed by atoms with Crippen LogP contribution in [0.5, 0.6) is 5.75 Å². The van der Waals surface area contributed by atoms with E-state index in [1.807, 2.05) is 101 Å². The summed E-state index contributed by atoms with van der Waals surface area (Å²) in [5.74, 6) is 1.12. The van der Waals surface area contributed by atoms with Gasteiger partial charge in [-0.3, -0.25) is 14.9 Å². The fraction of sp³-hybridized carbons (Fsp3) is 0.400. The van der Waals surface area contributed by atoms with Gasteiger partial charge >= 0.3 is 11.9 Å². The van der Waals surface area contributed by atoms with Crippen molar-refractivity contribution in [2.75, 3.05) is 23.4 Å². The molecule has 7 rings (SSSR count). The van der Waals surface area contributed by atoms with Crippen LogP contribution >= 0.6 is 11.3 Å². The molecule has 56 heavy (non-hydrogen) atoms. The van der Waals surface area contributed by atoms with E-state index >= 15 is 0 Å². The predicted octanol–water partition coefficient (Wildman–Crippen LogP) is 9.72. The molecule has 0 bridgehead atoms. The molecule has 1 fully saturated rings. The van der Waals surface area contributed by atoms with Crippen LogP contribution in [-0.2, 0) is 27.2 Å². The van der Waals surface area contributed by atoms with Gasteiger partial charge in [-0.25, -0.2) is 14.8 Å². The Balaban J connectivity index is 1.08. The van der Waals surface area contributed by atoms with Crippen molar-refractivity contribution in [2.45, 2.75) is 97.8 Å². The van der Waals surface area contributed by atoms with Gasteiger partial charge in [0.25, 0.3) is 5.91 Å². The molecule has 0 spiro atoms. The third kappa shape index (κ3) is 9.21. The number of benzene rings is 3. The highest BCUT2D eigenvalue weighted by Gasteiger charge is 2.28. The number of ether oxygens (including phenoxy) is 3. The number of para-hydroxylation sites is 1. The topological polar surface area (TPSA) is 120 Å². The SMILES string of the molecule is CCOC(=O)CC[C@H]1CC[C@H](Oc2ccc(-c3ccc(N4CCc5cccc(C(=O)Nc6nc7ccccc7s6)c5C4)nc3C(=O)OC(C)(C)C)c(C)c2)CC1. The number of aryl methyl sites for hydroxylation is 1. The number of pyridine rings is 1. The number of anilines is 2. The van der Waals surface area contributed by atoms with Crippen LogP contribution in [0, 0.1) is 12.8 Å². The zero-order valence-corrected chi connectivity index (χ0v) is 33.7. The lowest BCUT2D eigenvalue weighted by atomic mass is 9.84. The zero-order chi connectivity index (χ0) is 39.4. The predicted molar refractivity (Wildman–Crippen MR) is 221 cm³/mol. The van der Waals surface area contributed by atoms with E-state index in [0.29, 0.717) is 54.1 Å². The molecule has 1 aliphatic heterocycles. The average molecular weight is 775 g/mol. The van der Waals surface area contributed by atoms with Crippen LogP contribution in [0.1, 0.15) is 104 Å². The standard InChI is InChI=1S/C45H50N4O6S/c1-6-53-40(50)23-16-29-14-17-31(18-15-29)54-32-19-20-33(28(2)26-32)34-21-22-39(47-41(34)43(52)55-45(3,4)5)49-25-24-30-10-9-11-35(36(30)27-49)42(51)48-44-46-37-12-7-8-13-38(37)56-44/h7-13,19-22,26,29,31H,6,14-18,23-25,27H2,1-5H3,(H,46,48,51)/t29-,31-. The molecule has 0 saturated heterocycles. The third-order valence-electron chi connectivity index (χ3n) is 10.5. The van der Waals surface area contributed by atoms with Crippen molar-refractivity contribution in [1.82, 2.24) is 9.97 Å². The average Bonchev–Trinajstić information content (AvgIpc) is 3.59. The van der Waals surface area contributed by atoms with Gasteiger partial charge in [0.15, 0.2) is 10.8 Å². The van der Waals surface area contributed by atoms with Crippen LogP contribution in [0.4, 0.5) is 10.9 Å². The van der Waals surface area contributed by atoms with Crippen molar-refractivity contribution in [3.05, 3.63) is 101 Å². The van der Waals surface area contributed by atoms with Gasteiger partial charge in [0.05, 0.1) is 22.9 Å². The van der Waals surface area contributed by atoms with E-state index in [4.69, 9.17) is 19.2 Å². The molecule has 2 aliphatic rings. The minimum absolute atomic E-state index is 0.115. The van der Waals surface area contributed by atoms with Gasteiger partial charge in [-0.2, -0.15) is 0 Å². The minimum Gasteiger partial charge on any atom is -0.490 e. The number of hydrogen-bond donors (Lipinski definition) is 1. The number of rotatable bonds is 11. The Morgan fingerprint density at radius 3 is 2.46 bits per heavy atom. The number of esters is 2. The van der Waals surface area contributed by atoms with E-state index in [-0.39, 0.29) is 23.7 Å². The van der Waals surface area contributed by atoms with Crippen LogP contribution < -0.4 is 15.0 Å². The number of hydrogen-bond acceptors (Lipinski definition) is 10. The highest BCUT2D eigenvalue weighted by molar-refractivity contribution is 7.22. The van der Waals surface area contributed by atoms with E-state index in [1.165, 1.54) is 11.3 Å². The van der Waals surface area contributed by atoms with Crippen molar-refractivity contribution >= 4 is 50.3 Å². The molecule has 0 radical (unpaired) electrons. The van der Waals surface area contributed by atoms with Crippen molar-refractivity contribution in [3.8, 4) is 16.9 Å². The summed E-state index contributed by atoms with van der Waals surface area (Å²) in [6, 6.07) is 23.5.